The lowest BCUT2D eigenvalue weighted by Gasteiger charge is -2.35. The highest BCUT2D eigenvalue weighted by molar-refractivity contribution is 5.95. The van der Waals surface area contributed by atoms with Crippen molar-refractivity contribution in [3.8, 4) is 0 Å². The zero-order chi connectivity index (χ0) is 18.5. The Morgan fingerprint density at radius 3 is 2.69 bits per heavy atom. The Morgan fingerprint density at radius 2 is 2.04 bits per heavy atom. The van der Waals surface area contributed by atoms with E-state index in [1.165, 1.54) is 6.26 Å². The maximum atomic E-state index is 12.3. The van der Waals surface area contributed by atoms with E-state index < -0.39 is 0 Å². The molecule has 2 aromatic rings. The van der Waals surface area contributed by atoms with Crippen molar-refractivity contribution in [3.05, 3.63) is 48.0 Å². The first-order valence-electron chi connectivity index (χ1n) is 8.93. The van der Waals surface area contributed by atoms with Gasteiger partial charge in [-0.25, -0.2) is 4.98 Å². The van der Waals surface area contributed by atoms with Crippen molar-refractivity contribution in [2.24, 2.45) is 0 Å². The van der Waals surface area contributed by atoms with Gasteiger partial charge in [0.1, 0.15) is 5.82 Å². The van der Waals surface area contributed by atoms with Gasteiger partial charge in [0.2, 0.25) is 0 Å². The number of amides is 2. The number of nitrogens with zero attached hydrogens (tertiary/aromatic N) is 3. The average Bonchev–Trinajstić information content (AvgIpc) is 3.22. The molecule has 0 bridgehead atoms. The number of piperazine rings is 1. The summed E-state index contributed by atoms with van der Waals surface area (Å²) in [5.74, 6) is 0.936. The van der Waals surface area contributed by atoms with Crippen LogP contribution in [0.15, 0.2) is 41.1 Å². The number of pyridine rings is 1. The standard InChI is InChI=1S/C19H24N4O3/c1-3-14(2)21-18(24)15-6-7-20-17(13-15)22-8-10-23(11-9-22)19(25)16-5-4-12-26-16/h4-7,12-14H,3,8-11H2,1-2H3,(H,21,24). The molecule has 2 aromatic heterocycles. The van der Waals surface area contributed by atoms with Gasteiger partial charge in [-0.1, -0.05) is 6.92 Å². The van der Waals surface area contributed by atoms with Crippen molar-refractivity contribution in [3.63, 3.8) is 0 Å². The fourth-order valence-electron chi connectivity index (χ4n) is 2.84. The van der Waals surface area contributed by atoms with E-state index in [-0.39, 0.29) is 17.9 Å². The molecule has 1 aliphatic heterocycles. The zero-order valence-electron chi connectivity index (χ0n) is 15.1. The molecular formula is C19H24N4O3. The summed E-state index contributed by atoms with van der Waals surface area (Å²) in [6.45, 7) is 6.52. The summed E-state index contributed by atoms with van der Waals surface area (Å²) >= 11 is 0. The van der Waals surface area contributed by atoms with Gasteiger partial charge in [-0.3, -0.25) is 9.59 Å². The highest BCUT2D eigenvalue weighted by Crippen LogP contribution is 2.17. The first kappa shape index (κ1) is 18.0. The van der Waals surface area contributed by atoms with Crippen molar-refractivity contribution in [1.82, 2.24) is 15.2 Å². The first-order chi connectivity index (χ1) is 12.6. The van der Waals surface area contributed by atoms with Crippen LogP contribution < -0.4 is 10.2 Å². The van der Waals surface area contributed by atoms with Crippen LogP contribution >= 0.6 is 0 Å². The predicted octanol–water partition coefficient (Wildman–Crippen LogP) is 2.17. The van der Waals surface area contributed by atoms with Crippen molar-refractivity contribution in [1.29, 1.82) is 0 Å². The number of furan rings is 1. The van der Waals surface area contributed by atoms with Crippen LogP contribution in [0.3, 0.4) is 0 Å². The van der Waals surface area contributed by atoms with Gasteiger partial charge in [-0.05, 0) is 37.6 Å². The topological polar surface area (TPSA) is 78.7 Å². The van der Waals surface area contributed by atoms with E-state index in [9.17, 15) is 9.59 Å². The summed E-state index contributed by atoms with van der Waals surface area (Å²) in [5.41, 5.74) is 0.601. The first-order valence-corrected chi connectivity index (χ1v) is 8.93. The van der Waals surface area contributed by atoms with Crippen LogP contribution in [0.5, 0.6) is 0 Å². The van der Waals surface area contributed by atoms with E-state index in [4.69, 9.17) is 4.42 Å². The van der Waals surface area contributed by atoms with Crippen LogP contribution in [0.4, 0.5) is 5.82 Å². The van der Waals surface area contributed by atoms with Crippen molar-refractivity contribution in [2.45, 2.75) is 26.3 Å². The van der Waals surface area contributed by atoms with Crippen LogP contribution in [0.2, 0.25) is 0 Å². The molecule has 0 aliphatic carbocycles. The van der Waals surface area contributed by atoms with Gasteiger partial charge >= 0.3 is 0 Å². The summed E-state index contributed by atoms with van der Waals surface area (Å²) in [4.78, 5) is 32.9. The molecule has 0 spiro atoms. The van der Waals surface area contributed by atoms with Gasteiger partial charge in [0.15, 0.2) is 5.76 Å². The second-order valence-corrected chi connectivity index (χ2v) is 6.44. The third-order valence-corrected chi connectivity index (χ3v) is 4.62. The normalized spacial score (nSPS) is 15.6. The quantitative estimate of drug-likeness (QED) is 0.888. The Kier molecular flexibility index (Phi) is 5.55. The Labute approximate surface area is 153 Å². The Hall–Kier alpha value is -2.83. The molecule has 1 fully saturated rings. The van der Waals surface area contributed by atoms with E-state index >= 15 is 0 Å². The summed E-state index contributed by atoms with van der Waals surface area (Å²) in [6.07, 6.45) is 4.04. The molecular weight excluding hydrogens is 332 g/mol. The Balaban J connectivity index is 1.62. The number of hydrogen-bond donors (Lipinski definition) is 1. The van der Waals surface area contributed by atoms with Gasteiger partial charge < -0.3 is 19.5 Å². The van der Waals surface area contributed by atoms with Gasteiger partial charge in [-0.15, -0.1) is 0 Å². The summed E-state index contributed by atoms with van der Waals surface area (Å²) in [7, 11) is 0. The molecule has 1 atom stereocenters. The maximum absolute atomic E-state index is 12.3. The number of rotatable bonds is 5. The van der Waals surface area contributed by atoms with Crippen LogP contribution in [-0.2, 0) is 0 Å². The van der Waals surface area contributed by atoms with E-state index in [0.29, 0.717) is 37.5 Å². The van der Waals surface area contributed by atoms with E-state index in [0.717, 1.165) is 12.2 Å². The second-order valence-electron chi connectivity index (χ2n) is 6.44. The van der Waals surface area contributed by atoms with E-state index in [1.54, 1.807) is 29.3 Å². The largest absolute Gasteiger partial charge is 0.459 e. The molecule has 1 unspecified atom stereocenters. The molecule has 3 heterocycles. The molecule has 7 heteroatoms. The fraction of sp³-hybridized carbons (Fsp3) is 0.421. The van der Waals surface area contributed by atoms with Crippen molar-refractivity contribution >= 4 is 17.6 Å². The minimum absolute atomic E-state index is 0.0883. The molecule has 1 saturated heterocycles. The smallest absolute Gasteiger partial charge is 0.289 e. The minimum Gasteiger partial charge on any atom is -0.459 e. The number of anilines is 1. The van der Waals surface area contributed by atoms with Crippen LogP contribution in [0.25, 0.3) is 0 Å². The highest BCUT2D eigenvalue weighted by atomic mass is 16.3. The highest BCUT2D eigenvalue weighted by Gasteiger charge is 2.24. The molecule has 26 heavy (non-hydrogen) atoms. The lowest BCUT2D eigenvalue weighted by atomic mass is 10.2. The summed E-state index contributed by atoms with van der Waals surface area (Å²) < 4.78 is 5.18. The van der Waals surface area contributed by atoms with Crippen molar-refractivity contribution < 1.29 is 14.0 Å². The monoisotopic (exact) mass is 356 g/mol. The zero-order valence-corrected chi connectivity index (χ0v) is 15.1. The molecule has 2 amide bonds. The SMILES string of the molecule is CCC(C)NC(=O)c1ccnc(N2CCN(C(=O)c3ccco3)CC2)c1. The molecule has 7 nitrogen and oxygen atoms in total. The third kappa shape index (κ3) is 4.04. The lowest BCUT2D eigenvalue weighted by Crippen LogP contribution is -2.49. The summed E-state index contributed by atoms with van der Waals surface area (Å²) in [6, 6.07) is 7.05. The number of carbonyl (C=O) groups is 2. The average molecular weight is 356 g/mol. The van der Waals surface area contributed by atoms with E-state index in [2.05, 4.69) is 15.2 Å². The van der Waals surface area contributed by atoms with Gasteiger partial charge in [0.25, 0.3) is 11.8 Å². The number of carbonyl (C=O) groups excluding carboxylic acids is 2. The molecule has 3 rings (SSSR count). The molecule has 1 N–H and O–H groups in total. The Bertz CT molecular complexity index is 752. The van der Waals surface area contributed by atoms with Crippen molar-refractivity contribution in [2.75, 3.05) is 31.1 Å². The molecule has 0 radical (unpaired) electrons. The van der Waals surface area contributed by atoms with Gasteiger partial charge in [0.05, 0.1) is 6.26 Å². The van der Waals surface area contributed by atoms with E-state index in [1.807, 2.05) is 19.9 Å². The van der Waals surface area contributed by atoms with Gasteiger partial charge in [0, 0.05) is 44.0 Å². The van der Waals surface area contributed by atoms with Crippen LogP contribution in [0, 0.1) is 0 Å². The van der Waals surface area contributed by atoms with Gasteiger partial charge in [-0.2, -0.15) is 0 Å². The number of aromatic nitrogens is 1. The molecule has 0 aromatic carbocycles. The maximum Gasteiger partial charge on any atom is 0.289 e. The second kappa shape index (κ2) is 8.03. The Morgan fingerprint density at radius 1 is 1.27 bits per heavy atom. The number of nitrogens with one attached hydrogen (secondary N) is 1. The molecule has 1 aliphatic rings. The number of hydrogen-bond acceptors (Lipinski definition) is 5. The minimum atomic E-state index is -0.0932. The van der Waals surface area contributed by atoms with Crippen LogP contribution in [-0.4, -0.2) is 53.9 Å². The lowest BCUT2D eigenvalue weighted by molar-refractivity contribution is 0.0714. The fourth-order valence-corrected chi connectivity index (χ4v) is 2.84. The predicted molar refractivity (Wildman–Crippen MR) is 98.3 cm³/mol. The van der Waals surface area contributed by atoms with Crippen LogP contribution in [0.1, 0.15) is 41.2 Å². The third-order valence-electron chi connectivity index (χ3n) is 4.62. The summed E-state index contributed by atoms with van der Waals surface area (Å²) in [5, 5.41) is 2.97. The molecule has 138 valence electrons. The molecule has 0 saturated carbocycles.